The molecule has 1 atom stereocenters. The maximum Gasteiger partial charge on any atom is 0.175 e. The average Bonchev–Trinajstić information content (AvgIpc) is 2.04. The Morgan fingerprint density at radius 3 is 2.00 bits per heavy atom. The number of methoxy groups -OCH3 is 2. The van der Waals surface area contributed by atoms with Gasteiger partial charge >= 0.3 is 0 Å². The summed E-state index contributed by atoms with van der Waals surface area (Å²) in [6, 6.07) is 0.116. The molecule has 0 aliphatic carbocycles. The number of hydrogen-bond donors (Lipinski definition) is 1. The summed E-state index contributed by atoms with van der Waals surface area (Å²) < 4.78 is 10.2. The van der Waals surface area contributed by atoms with E-state index in [9.17, 15) is 0 Å². The van der Waals surface area contributed by atoms with Crippen LogP contribution in [0.25, 0.3) is 0 Å². The van der Waals surface area contributed by atoms with Gasteiger partial charge in [-0.3, -0.25) is 0 Å². The first-order valence-electron chi connectivity index (χ1n) is 4.03. The highest BCUT2D eigenvalue weighted by Crippen LogP contribution is 2.03. The summed E-state index contributed by atoms with van der Waals surface area (Å²) in [5, 5.41) is 3.11. The topological polar surface area (TPSA) is 30.5 Å². The highest BCUT2D eigenvalue weighted by atomic mass is 16.7. The lowest BCUT2D eigenvalue weighted by molar-refractivity contribution is -0.113. The lowest BCUT2D eigenvalue weighted by Crippen LogP contribution is -2.38. The van der Waals surface area contributed by atoms with E-state index in [4.69, 9.17) is 9.47 Å². The standard InChI is InChI=1S/C9H19NO2/c1-7(2)6-8(10-3)9(11-4)12-5/h6,8-10H,1-5H3. The Morgan fingerprint density at radius 1 is 1.25 bits per heavy atom. The van der Waals surface area contributed by atoms with Crippen molar-refractivity contribution in [1.82, 2.24) is 5.32 Å². The van der Waals surface area contributed by atoms with E-state index in [1.54, 1.807) is 14.2 Å². The van der Waals surface area contributed by atoms with Crippen molar-refractivity contribution in [3.63, 3.8) is 0 Å². The predicted molar refractivity (Wildman–Crippen MR) is 50.1 cm³/mol. The molecule has 0 bridgehead atoms. The Kier molecular flexibility index (Phi) is 5.98. The van der Waals surface area contributed by atoms with Gasteiger partial charge in [-0.05, 0) is 20.9 Å². The van der Waals surface area contributed by atoms with Gasteiger partial charge in [0.05, 0.1) is 6.04 Å². The third-order valence-corrected chi connectivity index (χ3v) is 1.60. The molecular weight excluding hydrogens is 154 g/mol. The summed E-state index contributed by atoms with van der Waals surface area (Å²) >= 11 is 0. The highest BCUT2D eigenvalue weighted by molar-refractivity contribution is 5.01. The molecule has 3 nitrogen and oxygen atoms in total. The average molecular weight is 173 g/mol. The van der Waals surface area contributed by atoms with Crippen LogP contribution in [0.4, 0.5) is 0 Å². The molecule has 1 unspecified atom stereocenters. The van der Waals surface area contributed by atoms with Crippen molar-refractivity contribution in [1.29, 1.82) is 0 Å². The van der Waals surface area contributed by atoms with Crippen molar-refractivity contribution in [2.24, 2.45) is 0 Å². The van der Waals surface area contributed by atoms with E-state index in [0.717, 1.165) is 0 Å². The summed E-state index contributed by atoms with van der Waals surface area (Å²) in [5.41, 5.74) is 1.24. The molecule has 0 aromatic heterocycles. The first-order valence-corrected chi connectivity index (χ1v) is 4.03. The zero-order valence-electron chi connectivity index (χ0n) is 8.55. The fourth-order valence-corrected chi connectivity index (χ4v) is 1.05. The van der Waals surface area contributed by atoms with E-state index in [1.165, 1.54) is 5.57 Å². The van der Waals surface area contributed by atoms with Crippen LogP contribution in [0, 0.1) is 0 Å². The molecule has 0 rings (SSSR count). The van der Waals surface area contributed by atoms with Crippen molar-refractivity contribution in [2.75, 3.05) is 21.3 Å². The minimum atomic E-state index is -0.218. The van der Waals surface area contributed by atoms with E-state index < -0.39 is 0 Å². The van der Waals surface area contributed by atoms with Crippen molar-refractivity contribution in [3.8, 4) is 0 Å². The van der Waals surface area contributed by atoms with Gasteiger partial charge in [-0.25, -0.2) is 0 Å². The Labute approximate surface area is 74.7 Å². The minimum Gasteiger partial charge on any atom is -0.354 e. The van der Waals surface area contributed by atoms with Crippen LogP contribution in [0.1, 0.15) is 13.8 Å². The van der Waals surface area contributed by atoms with Gasteiger partial charge in [0.15, 0.2) is 6.29 Å². The monoisotopic (exact) mass is 173 g/mol. The third kappa shape index (κ3) is 3.85. The van der Waals surface area contributed by atoms with Gasteiger partial charge in [0.1, 0.15) is 0 Å². The molecule has 0 heterocycles. The summed E-state index contributed by atoms with van der Waals surface area (Å²) in [5.74, 6) is 0. The number of allylic oxidation sites excluding steroid dienone is 1. The second kappa shape index (κ2) is 6.17. The van der Waals surface area contributed by atoms with Crippen LogP contribution >= 0.6 is 0 Å². The molecule has 1 N–H and O–H groups in total. The van der Waals surface area contributed by atoms with Crippen LogP contribution in [0.15, 0.2) is 11.6 Å². The second-order valence-corrected chi connectivity index (χ2v) is 2.90. The molecule has 0 saturated carbocycles. The molecule has 0 saturated heterocycles. The molecule has 3 heteroatoms. The Bertz CT molecular complexity index is 137. The summed E-state index contributed by atoms with van der Waals surface area (Å²) in [7, 11) is 5.16. The molecule has 0 fully saturated rings. The summed E-state index contributed by atoms with van der Waals surface area (Å²) in [6.07, 6.45) is 1.86. The highest BCUT2D eigenvalue weighted by Gasteiger charge is 2.15. The van der Waals surface area contributed by atoms with Crippen LogP contribution < -0.4 is 5.32 Å². The zero-order valence-corrected chi connectivity index (χ0v) is 8.55. The van der Waals surface area contributed by atoms with E-state index in [-0.39, 0.29) is 12.3 Å². The Hall–Kier alpha value is -0.380. The lowest BCUT2D eigenvalue weighted by Gasteiger charge is -2.21. The van der Waals surface area contributed by atoms with Crippen LogP contribution in [-0.2, 0) is 9.47 Å². The van der Waals surface area contributed by atoms with Gasteiger partial charge in [-0.15, -0.1) is 0 Å². The molecule has 0 aromatic rings. The van der Waals surface area contributed by atoms with Crippen LogP contribution in [0.3, 0.4) is 0 Å². The maximum atomic E-state index is 5.12. The number of nitrogens with one attached hydrogen (secondary N) is 1. The quantitative estimate of drug-likeness (QED) is 0.500. The minimum absolute atomic E-state index is 0.116. The molecule has 0 aliphatic heterocycles. The molecule has 0 aromatic carbocycles. The van der Waals surface area contributed by atoms with Crippen molar-refractivity contribution in [3.05, 3.63) is 11.6 Å². The molecule has 12 heavy (non-hydrogen) atoms. The van der Waals surface area contributed by atoms with Gasteiger partial charge in [0.25, 0.3) is 0 Å². The fraction of sp³-hybridized carbons (Fsp3) is 0.778. The van der Waals surface area contributed by atoms with Crippen molar-refractivity contribution in [2.45, 2.75) is 26.2 Å². The van der Waals surface area contributed by atoms with E-state index >= 15 is 0 Å². The third-order valence-electron chi connectivity index (χ3n) is 1.60. The molecule has 0 aliphatic rings. The zero-order chi connectivity index (χ0) is 9.56. The smallest absolute Gasteiger partial charge is 0.175 e. The number of likely N-dealkylation sites (N-methyl/N-ethyl adjacent to an activating group) is 1. The Morgan fingerprint density at radius 2 is 1.75 bits per heavy atom. The van der Waals surface area contributed by atoms with Gasteiger partial charge in [-0.2, -0.15) is 0 Å². The Balaban J connectivity index is 4.21. The van der Waals surface area contributed by atoms with Gasteiger partial charge in [0.2, 0.25) is 0 Å². The second-order valence-electron chi connectivity index (χ2n) is 2.90. The van der Waals surface area contributed by atoms with E-state index in [2.05, 4.69) is 11.4 Å². The largest absolute Gasteiger partial charge is 0.354 e. The molecular formula is C9H19NO2. The van der Waals surface area contributed by atoms with Gasteiger partial charge in [-0.1, -0.05) is 11.6 Å². The van der Waals surface area contributed by atoms with Crippen LogP contribution in [-0.4, -0.2) is 33.6 Å². The normalized spacial score (nSPS) is 13.2. The molecule has 0 amide bonds. The first kappa shape index (κ1) is 11.6. The predicted octanol–water partition coefficient (Wildman–Crippen LogP) is 1.16. The van der Waals surface area contributed by atoms with Crippen LogP contribution in [0.2, 0.25) is 0 Å². The van der Waals surface area contributed by atoms with Gasteiger partial charge in [0, 0.05) is 14.2 Å². The number of rotatable bonds is 5. The first-order chi connectivity index (χ1) is 5.65. The van der Waals surface area contributed by atoms with Crippen molar-refractivity contribution >= 4 is 0 Å². The SMILES string of the molecule is CNC(C=C(C)C)C(OC)OC. The molecule has 0 radical (unpaired) electrons. The fourth-order valence-electron chi connectivity index (χ4n) is 1.05. The summed E-state index contributed by atoms with van der Waals surface area (Å²) in [4.78, 5) is 0. The molecule has 0 spiro atoms. The molecule has 72 valence electrons. The van der Waals surface area contributed by atoms with Crippen molar-refractivity contribution < 1.29 is 9.47 Å². The lowest BCUT2D eigenvalue weighted by atomic mass is 10.2. The van der Waals surface area contributed by atoms with E-state index in [0.29, 0.717) is 0 Å². The van der Waals surface area contributed by atoms with E-state index in [1.807, 2.05) is 20.9 Å². The maximum absolute atomic E-state index is 5.12. The van der Waals surface area contributed by atoms with Gasteiger partial charge < -0.3 is 14.8 Å². The number of ether oxygens (including phenoxy) is 2. The summed E-state index contributed by atoms with van der Waals surface area (Å²) in [6.45, 7) is 4.10. The number of hydrogen-bond acceptors (Lipinski definition) is 3. The van der Waals surface area contributed by atoms with Crippen LogP contribution in [0.5, 0.6) is 0 Å².